The van der Waals surface area contributed by atoms with E-state index in [1.165, 1.54) is 41.1 Å². The van der Waals surface area contributed by atoms with Gasteiger partial charge in [0, 0.05) is 18.8 Å². The topological polar surface area (TPSA) is 68.2 Å². The van der Waals surface area contributed by atoms with Gasteiger partial charge in [-0.2, -0.15) is 0 Å². The van der Waals surface area contributed by atoms with Crippen LogP contribution in [-0.4, -0.2) is 13.0 Å². The van der Waals surface area contributed by atoms with Crippen molar-refractivity contribution in [2.24, 2.45) is 0 Å². The standard InChI is InChI=1S/C14H15FN2O3S/c1-2-9-17-10-11(7-8-14(17)18)16-21(19,20)13-6-4-3-5-12(13)15/h3-8,10,16H,2,9H2,1H3. The van der Waals surface area contributed by atoms with Crippen molar-refractivity contribution in [1.29, 1.82) is 0 Å². The smallest absolute Gasteiger partial charge is 0.264 e. The molecular weight excluding hydrogens is 295 g/mol. The minimum atomic E-state index is -4.03. The summed E-state index contributed by atoms with van der Waals surface area (Å²) in [5.74, 6) is -0.827. The van der Waals surface area contributed by atoms with E-state index in [1.807, 2.05) is 6.92 Å². The molecular formula is C14H15FN2O3S. The van der Waals surface area contributed by atoms with Crippen LogP contribution in [-0.2, 0) is 16.6 Å². The Morgan fingerprint density at radius 3 is 2.57 bits per heavy atom. The number of rotatable bonds is 5. The molecule has 7 heteroatoms. The molecule has 0 radical (unpaired) electrons. The normalized spacial score (nSPS) is 11.3. The molecule has 0 saturated carbocycles. The number of pyridine rings is 1. The van der Waals surface area contributed by atoms with Gasteiger partial charge in [-0.1, -0.05) is 19.1 Å². The van der Waals surface area contributed by atoms with E-state index in [-0.39, 0.29) is 11.2 Å². The molecule has 0 saturated heterocycles. The summed E-state index contributed by atoms with van der Waals surface area (Å²) in [4.78, 5) is 11.1. The van der Waals surface area contributed by atoms with E-state index in [2.05, 4.69) is 4.72 Å². The van der Waals surface area contributed by atoms with Gasteiger partial charge < -0.3 is 4.57 Å². The first kappa shape index (κ1) is 15.2. The number of aryl methyl sites for hydroxylation is 1. The number of benzene rings is 1. The van der Waals surface area contributed by atoms with Gasteiger partial charge >= 0.3 is 0 Å². The van der Waals surface area contributed by atoms with Crippen molar-refractivity contribution in [3.63, 3.8) is 0 Å². The van der Waals surface area contributed by atoms with Crippen LogP contribution in [0.5, 0.6) is 0 Å². The lowest BCUT2D eigenvalue weighted by atomic mass is 10.3. The molecule has 2 rings (SSSR count). The summed E-state index contributed by atoms with van der Waals surface area (Å²) in [6.45, 7) is 2.39. The number of aromatic nitrogens is 1. The van der Waals surface area contributed by atoms with Crippen LogP contribution < -0.4 is 10.3 Å². The third kappa shape index (κ3) is 3.49. The van der Waals surface area contributed by atoms with E-state index in [0.29, 0.717) is 6.54 Å². The number of halogens is 1. The second-order valence-electron chi connectivity index (χ2n) is 4.49. The zero-order chi connectivity index (χ0) is 15.5. The van der Waals surface area contributed by atoms with Crippen molar-refractivity contribution in [3.05, 3.63) is 58.8 Å². The second kappa shape index (κ2) is 6.09. The lowest BCUT2D eigenvalue weighted by Gasteiger charge is -2.10. The first-order valence-electron chi connectivity index (χ1n) is 6.42. The average molecular weight is 310 g/mol. The van der Waals surface area contributed by atoms with E-state index in [4.69, 9.17) is 0 Å². The fourth-order valence-corrected chi connectivity index (χ4v) is 3.00. The average Bonchev–Trinajstić information content (AvgIpc) is 2.43. The summed E-state index contributed by atoms with van der Waals surface area (Å²) in [7, 11) is -4.03. The Morgan fingerprint density at radius 1 is 1.19 bits per heavy atom. The Morgan fingerprint density at radius 2 is 1.90 bits per heavy atom. The van der Waals surface area contributed by atoms with Gasteiger partial charge in [0.05, 0.1) is 5.69 Å². The molecule has 0 bridgehead atoms. The Balaban J connectivity index is 2.35. The third-order valence-electron chi connectivity index (χ3n) is 2.83. The third-order valence-corrected chi connectivity index (χ3v) is 4.24. The largest absolute Gasteiger partial charge is 0.313 e. The summed E-state index contributed by atoms with van der Waals surface area (Å²) in [6, 6.07) is 7.74. The molecule has 0 aliphatic rings. The van der Waals surface area contributed by atoms with Crippen molar-refractivity contribution < 1.29 is 12.8 Å². The summed E-state index contributed by atoms with van der Waals surface area (Å²) in [5.41, 5.74) is -0.00278. The summed E-state index contributed by atoms with van der Waals surface area (Å²) < 4.78 is 41.5. The minimum Gasteiger partial charge on any atom is -0.313 e. The van der Waals surface area contributed by atoms with Crippen LogP contribution in [0, 0.1) is 5.82 Å². The highest BCUT2D eigenvalue weighted by atomic mass is 32.2. The summed E-state index contributed by atoms with van der Waals surface area (Å²) in [6.07, 6.45) is 2.15. The highest BCUT2D eigenvalue weighted by Crippen LogP contribution is 2.17. The van der Waals surface area contributed by atoms with E-state index in [9.17, 15) is 17.6 Å². The van der Waals surface area contributed by atoms with Crippen molar-refractivity contribution in [2.45, 2.75) is 24.8 Å². The summed E-state index contributed by atoms with van der Waals surface area (Å²) in [5, 5.41) is 0. The zero-order valence-corrected chi connectivity index (χ0v) is 12.2. The lowest BCUT2D eigenvalue weighted by molar-refractivity contribution is 0.570. The van der Waals surface area contributed by atoms with Crippen molar-refractivity contribution in [3.8, 4) is 0 Å². The lowest BCUT2D eigenvalue weighted by Crippen LogP contribution is -2.21. The van der Waals surface area contributed by atoms with E-state index in [1.54, 1.807) is 0 Å². The van der Waals surface area contributed by atoms with Crippen molar-refractivity contribution in [2.75, 3.05) is 4.72 Å². The Bertz CT molecular complexity index is 800. The van der Waals surface area contributed by atoms with Crippen LogP contribution in [0.2, 0.25) is 0 Å². The van der Waals surface area contributed by atoms with Crippen molar-refractivity contribution >= 4 is 15.7 Å². The molecule has 0 aliphatic carbocycles. The van der Waals surface area contributed by atoms with Crippen LogP contribution >= 0.6 is 0 Å². The fraction of sp³-hybridized carbons (Fsp3) is 0.214. The molecule has 1 heterocycles. The highest BCUT2D eigenvalue weighted by Gasteiger charge is 2.18. The maximum Gasteiger partial charge on any atom is 0.264 e. The van der Waals surface area contributed by atoms with Crippen molar-refractivity contribution in [1.82, 2.24) is 4.57 Å². The fourth-order valence-electron chi connectivity index (χ4n) is 1.88. The molecule has 1 aromatic carbocycles. The molecule has 1 N–H and O–H groups in total. The monoisotopic (exact) mass is 310 g/mol. The van der Waals surface area contributed by atoms with Gasteiger partial charge in [0.25, 0.3) is 15.6 Å². The molecule has 1 aromatic heterocycles. The zero-order valence-electron chi connectivity index (χ0n) is 11.4. The number of hydrogen-bond acceptors (Lipinski definition) is 3. The number of anilines is 1. The maximum atomic E-state index is 13.6. The number of nitrogens with one attached hydrogen (secondary N) is 1. The van der Waals surface area contributed by atoms with E-state index >= 15 is 0 Å². The SMILES string of the molecule is CCCn1cc(NS(=O)(=O)c2ccccc2F)ccc1=O. The molecule has 0 spiro atoms. The summed E-state index contributed by atoms with van der Waals surface area (Å²) >= 11 is 0. The number of sulfonamides is 1. The quantitative estimate of drug-likeness (QED) is 0.920. The van der Waals surface area contributed by atoms with E-state index < -0.39 is 20.7 Å². The van der Waals surface area contributed by atoms with Crippen LogP contribution in [0.15, 0.2) is 52.3 Å². The van der Waals surface area contributed by atoms with Gasteiger partial charge in [-0.3, -0.25) is 9.52 Å². The van der Waals surface area contributed by atoms with Gasteiger partial charge in [-0.25, -0.2) is 12.8 Å². The number of hydrogen-bond donors (Lipinski definition) is 1. The van der Waals surface area contributed by atoms with Gasteiger partial charge in [0.15, 0.2) is 0 Å². The Kier molecular flexibility index (Phi) is 4.42. The Hall–Kier alpha value is -2.15. The molecule has 112 valence electrons. The van der Waals surface area contributed by atoms with Crippen LogP contribution in [0.25, 0.3) is 0 Å². The highest BCUT2D eigenvalue weighted by molar-refractivity contribution is 7.92. The van der Waals surface area contributed by atoms with Crippen LogP contribution in [0.4, 0.5) is 10.1 Å². The van der Waals surface area contributed by atoms with Gasteiger partial charge in [-0.15, -0.1) is 0 Å². The molecule has 2 aromatic rings. The Labute approximate surface area is 122 Å². The first-order valence-corrected chi connectivity index (χ1v) is 7.90. The van der Waals surface area contributed by atoms with Gasteiger partial charge in [0.2, 0.25) is 0 Å². The second-order valence-corrected chi connectivity index (χ2v) is 6.14. The minimum absolute atomic E-state index is 0.214. The van der Waals surface area contributed by atoms with Crippen LogP contribution in [0.3, 0.4) is 0 Å². The molecule has 0 amide bonds. The molecule has 0 atom stereocenters. The van der Waals surface area contributed by atoms with E-state index in [0.717, 1.165) is 12.5 Å². The predicted octanol–water partition coefficient (Wildman–Crippen LogP) is 2.20. The van der Waals surface area contributed by atoms with Gasteiger partial charge in [0.1, 0.15) is 10.7 Å². The first-order chi connectivity index (χ1) is 9.94. The number of nitrogens with zero attached hydrogens (tertiary/aromatic N) is 1. The molecule has 21 heavy (non-hydrogen) atoms. The van der Waals surface area contributed by atoms with Gasteiger partial charge in [-0.05, 0) is 24.6 Å². The molecule has 5 nitrogen and oxygen atoms in total. The van der Waals surface area contributed by atoms with Crippen LogP contribution in [0.1, 0.15) is 13.3 Å². The molecule has 0 unspecified atom stereocenters. The maximum absolute atomic E-state index is 13.6. The molecule has 0 fully saturated rings. The predicted molar refractivity (Wildman–Crippen MR) is 78.2 cm³/mol. The molecule has 0 aliphatic heterocycles.